The largest absolute Gasteiger partial charge is 0.330 e. The Balaban J connectivity index is 2.29. The lowest BCUT2D eigenvalue weighted by molar-refractivity contribution is 0.285. The van der Waals surface area contributed by atoms with Gasteiger partial charge in [0.15, 0.2) is 5.03 Å². The summed E-state index contributed by atoms with van der Waals surface area (Å²) in [4.78, 5) is 4.14. The van der Waals surface area contributed by atoms with Crippen LogP contribution in [0.5, 0.6) is 0 Å². The fraction of sp³-hybridized carbons (Fsp3) is 0.750. The quantitative estimate of drug-likeness (QED) is 0.804. The van der Waals surface area contributed by atoms with Crippen molar-refractivity contribution in [1.82, 2.24) is 9.55 Å². The molecule has 0 aromatic carbocycles. The third-order valence-corrected chi connectivity index (χ3v) is 4.90. The van der Waals surface area contributed by atoms with Crippen molar-refractivity contribution in [2.45, 2.75) is 57.0 Å². The highest BCUT2D eigenvalue weighted by atomic mass is 35.7. The van der Waals surface area contributed by atoms with Crippen molar-refractivity contribution in [3.63, 3.8) is 0 Å². The first-order valence-corrected chi connectivity index (χ1v) is 8.75. The standard InChI is InChI=1S/C12H19ClN2O2S/c1-3-11-14-12(18(13,16)17)8-15(11)10-6-4-9(2)5-7-10/h8-10H,3-7H2,1-2H3. The minimum atomic E-state index is -3.72. The van der Waals surface area contributed by atoms with Gasteiger partial charge in [-0.1, -0.05) is 13.8 Å². The molecule has 0 radical (unpaired) electrons. The SMILES string of the molecule is CCc1nc(S(=O)(=O)Cl)cn1C1CCC(C)CC1. The average Bonchev–Trinajstić information content (AvgIpc) is 2.73. The monoisotopic (exact) mass is 290 g/mol. The molecule has 1 fully saturated rings. The number of nitrogens with zero attached hydrogens (tertiary/aromatic N) is 2. The van der Waals surface area contributed by atoms with Gasteiger partial charge in [0.25, 0.3) is 9.05 Å². The Morgan fingerprint density at radius 2 is 2.00 bits per heavy atom. The van der Waals surface area contributed by atoms with Crippen LogP contribution in [0.15, 0.2) is 11.2 Å². The van der Waals surface area contributed by atoms with E-state index in [0.29, 0.717) is 6.04 Å². The number of hydrogen-bond acceptors (Lipinski definition) is 3. The van der Waals surface area contributed by atoms with Crippen LogP contribution in [0.25, 0.3) is 0 Å². The highest BCUT2D eigenvalue weighted by molar-refractivity contribution is 8.13. The predicted octanol–water partition coefficient (Wildman–Crippen LogP) is 3.12. The van der Waals surface area contributed by atoms with Crippen LogP contribution in [-0.4, -0.2) is 18.0 Å². The Morgan fingerprint density at radius 3 is 2.50 bits per heavy atom. The highest BCUT2D eigenvalue weighted by Crippen LogP contribution is 2.33. The molecule has 6 heteroatoms. The van der Waals surface area contributed by atoms with E-state index in [4.69, 9.17) is 10.7 Å². The van der Waals surface area contributed by atoms with E-state index >= 15 is 0 Å². The van der Waals surface area contributed by atoms with Crippen LogP contribution >= 0.6 is 10.7 Å². The van der Waals surface area contributed by atoms with Gasteiger partial charge in [0.2, 0.25) is 0 Å². The fourth-order valence-electron chi connectivity index (χ4n) is 2.62. The van der Waals surface area contributed by atoms with Gasteiger partial charge in [-0.15, -0.1) is 0 Å². The molecule has 0 atom stereocenters. The summed E-state index contributed by atoms with van der Waals surface area (Å²) in [5.41, 5.74) is 0. The van der Waals surface area contributed by atoms with E-state index in [1.807, 2.05) is 11.5 Å². The summed E-state index contributed by atoms with van der Waals surface area (Å²) >= 11 is 0. The number of hydrogen-bond donors (Lipinski definition) is 0. The lowest BCUT2D eigenvalue weighted by Crippen LogP contribution is -2.17. The molecular formula is C12H19ClN2O2S. The molecule has 1 aromatic heterocycles. The van der Waals surface area contributed by atoms with Gasteiger partial charge in [0.05, 0.1) is 0 Å². The molecule has 2 rings (SSSR count). The summed E-state index contributed by atoms with van der Waals surface area (Å²) in [6, 6.07) is 0.371. The maximum absolute atomic E-state index is 11.3. The fourth-order valence-corrected chi connectivity index (χ4v) is 3.30. The Bertz CT molecular complexity index is 516. The van der Waals surface area contributed by atoms with Crippen LogP contribution in [0, 0.1) is 5.92 Å². The van der Waals surface area contributed by atoms with Crippen LogP contribution in [0.1, 0.15) is 51.4 Å². The van der Waals surface area contributed by atoms with Gasteiger partial charge >= 0.3 is 0 Å². The predicted molar refractivity (Wildman–Crippen MR) is 71.3 cm³/mol. The molecule has 0 bridgehead atoms. The van der Waals surface area contributed by atoms with Gasteiger partial charge in [-0.2, -0.15) is 0 Å². The number of halogens is 1. The molecule has 0 amide bonds. The lowest BCUT2D eigenvalue weighted by atomic mass is 9.87. The molecule has 1 saturated carbocycles. The van der Waals surface area contributed by atoms with Crippen molar-refractivity contribution in [3.8, 4) is 0 Å². The molecule has 0 saturated heterocycles. The van der Waals surface area contributed by atoms with Gasteiger partial charge in [0, 0.05) is 29.3 Å². The molecule has 0 aliphatic heterocycles. The summed E-state index contributed by atoms with van der Waals surface area (Å²) < 4.78 is 24.7. The number of imidazole rings is 1. The topological polar surface area (TPSA) is 52.0 Å². The Kier molecular flexibility index (Phi) is 4.02. The summed E-state index contributed by atoms with van der Waals surface area (Å²) in [6.45, 7) is 4.24. The molecular weight excluding hydrogens is 272 g/mol. The van der Waals surface area contributed by atoms with Crippen molar-refractivity contribution < 1.29 is 8.42 Å². The molecule has 1 aromatic rings. The van der Waals surface area contributed by atoms with E-state index in [-0.39, 0.29) is 5.03 Å². The second-order valence-corrected chi connectivity index (χ2v) is 7.62. The van der Waals surface area contributed by atoms with Crippen LogP contribution in [0.4, 0.5) is 0 Å². The smallest absolute Gasteiger partial charge is 0.280 e. The number of rotatable bonds is 3. The van der Waals surface area contributed by atoms with Crippen molar-refractivity contribution in [2.24, 2.45) is 5.92 Å². The zero-order chi connectivity index (χ0) is 13.3. The van der Waals surface area contributed by atoms with E-state index in [1.165, 1.54) is 12.8 Å². The molecule has 1 aliphatic carbocycles. The zero-order valence-electron chi connectivity index (χ0n) is 10.8. The van der Waals surface area contributed by atoms with E-state index in [1.54, 1.807) is 6.20 Å². The van der Waals surface area contributed by atoms with E-state index in [9.17, 15) is 8.42 Å². The summed E-state index contributed by atoms with van der Waals surface area (Å²) in [5.74, 6) is 1.58. The summed E-state index contributed by atoms with van der Waals surface area (Å²) in [6.07, 6.45) is 6.88. The van der Waals surface area contributed by atoms with Crippen molar-refractivity contribution in [1.29, 1.82) is 0 Å². The summed E-state index contributed by atoms with van der Waals surface area (Å²) in [7, 11) is 1.64. The minimum Gasteiger partial charge on any atom is -0.330 e. The third kappa shape index (κ3) is 2.88. The first-order valence-electron chi connectivity index (χ1n) is 6.44. The third-order valence-electron chi connectivity index (χ3n) is 3.73. The first-order chi connectivity index (χ1) is 8.41. The molecule has 1 heterocycles. The van der Waals surface area contributed by atoms with E-state index in [2.05, 4.69) is 11.9 Å². The molecule has 0 N–H and O–H groups in total. The molecule has 102 valence electrons. The van der Waals surface area contributed by atoms with Gasteiger partial charge in [-0.05, 0) is 31.6 Å². The van der Waals surface area contributed by atoms with Gasteiger partial charge < -0.3 is 4.57 Å². The maximum atomic E-state index is 11.3. The van der Waals surface area contributed by atoms with Gasteiger partial charge in [-0.25, -0.2) is 13.4 Å². The van der Waals surface area contributed by atoms with Crippen molar-refractivity contribution >= 4 is 19.7 Å². The van der Waals surface area contributed by atoms with Crippen molar-refractivity contribution in [2.75, 3.05) is 0 Å². The molecule has 4 nitrogen and oxygen atoms in total. The average molecular weight is 291 g/mol. The first kappa shape index (κ1) is 13.9. The number of aromatic nitrogens is 2. The Morgan fingerprint density at radius 1 is 1.39 bits per heavy atom. The van der Waals surface area contributed by atoms with Crippen LogP contribution in [0.2, 0.25) is 0 Å². The second kappa shape index (κ2) is 5.21. The lowest BCUT2D eigenvalue weighted by Gasteiger charge is -2.28. The van der Waals surface area contributed by atoms with Crippen LogP contribution in [0.3, 0.4) is 0 Å². The Hall–Kier alpha value is -0.550. The van der Waals surface area contributed by atoms with Gasteiger partial charge in [-0.3, -0.25) is 0 Å². The van der Waals surface area contributed by atoms with Crippen LogP contribution < -0.4 is 0 Å². The second-order valence-electron chi connectivity index (χ2n) is 5.11. The van der Waals surface area contributed by atoms with Gasteiger partial charge in [0.1, 0.15) is 5.82 Å². The molecule has 1 aliphatic rings. The molecule has 0 spiro atoms. The summed E-state index contributed by atoms with van der Waals surface area (Å²) in [5, 5.41) is -0.0142. The number of aryl methyl sites for hydroxylation is 1. The minimum absolute atomic E-state index is 0.0142. The molecule has 18 heavy (non-hydrogen) atoms. The normalized spacial score (nSPS) is 25.3. The van der Waals surface area contributed by atoms with Crippen molar-refractivity contribution in [3.05, 3.63) is 12.0 Å². The zero-order valence-corrected chi connectivity index (χ0v) is 12.3. The Labute approximate surface area is 113 Å². The molecule has 0 unspecified atom stereocenters. The van der Waals surface area contributed by atoms with E-state index < -0.39 is 9.05 Å². The highest BCUT2D eigenvalue weighted by Gasteiger charge is 2.24. The van der Waals surface area contributed by atoms with E-state index in [0.717, 1.165) is 31.0 Å². The maximum Gasteiger partial charge on any atom is 0.280 e. The van der Waals surface area contributed by atoms with Crippen LogP contribution in [-0.2, 0) is 15.5 Å².